The van der Waals surface area contributed by atoms with Crippen molar-refractivity contribution in [1.29, 1.82) is 0 Å². The highest BCUT2D eigenvalue weighted by atomic mass is 16.3. The average molecular weight is 324 g/mol. The first-order chi connectivity index (χ1) is 11.2. The fourth-order valence-electron chi connectivity index (χ4n) is 3.26. The van der Waals surface area contributed by atoms with Crippen LogP contribution in [0.2, 0.25) is 0 Å². The van der Waals surface area contributed by atoms with Gasteiger partial charge in [0.1, 0.15) is 0 Å². The summed E-state index contributed by atoms with van der Waals surface area (Å²) in [6, 6.07) is 3.58. The number of aryl methyl sites for hydroxylation is 2. The summed E-state index contributed by atoms with van der Waals surface area (Å²) in [5.74, 6) is -1.87. The first-order valence-electron chi connectivity index (χ1n) is 7.81. The molecule has 0 amide bonds. The molecule has 1 aliphatic carbocycles. The maximum atomic E-state index is 12.9. The summed E-state index contributed by atoms with van der Waals surface area (Å²) >= 11 is 0. The molecular weight excluding hydrogens is 304 g/mol. The number of allylic oxidation sites excluding steroid dienone is 2. The number of hydrogen-bond donors (Lipinski definition) is 0. The lowest BCUT2D eigenvalue weighted by atomic mass is 10.0. The number of Topliss-reactive ketones (excluding diaryl/α,β-unsaturated/α-hetero) is 1. The van der Waals surface area contributed by atoms with E-state index in [0.29, 0.717) is 11.1 Å². The molecule has 24 heavy (non-hydrogen) atoms. The minimum Gasteiger partial charge on any atom is -0.872 e. The molecular formula is C19H20N2O3-2. The monoisotopic (exact) mass is 324 g/mol. The van der Waals surface area contributed by atoms with Crippen LogP contribution in [0.25, 0.3) is 11.1 Å². The smallest absolute Gasteiger partial charge is 0.178 e. The lowest BCUT2D eigenvalue weighted by Gasteiger charge is -2.17. The van der Waals surface area contributed by atoms with Crippen molar-refractivity contribution >= 4 is 16.9 Å². The molecule has 0 spiro atoms. The second-order valence-electron chi connectivity index (χ2n) is 6.43. The van der Waals surface area contributed by atoms with Gasteiger partial charge in [-0.15, -0.1) is 0 Å². The summed E-state index contributed by atoms with van der Waals surface area (Å²) in [5, 5.41) is 25.5. The Morgan fingerprint density at radius 1 is 0.750 bits per heavy atom. The Hall–Kier alpha value is -2.69. The predicted octanol–water partition coefficient (Wildman–Crippen LogP) is 1.02. The average Bonchev–Trinajstić information content (AvgIpc) is 3.02. The van der Waals surface area contributed by atoms with Crippen LogP contribution in [0.3, 0.4) is 0 Å². The SMILES string of the molecule is Cc1cc(C2=C([O-])C(c3cc(C)n(C)c3C)=C([O-])C2=O)c(C)n1C. The zero-order chi connectivity index (χ0) is 17.9. The number of rotatable bonds is 2. The van der Waals surface area contributed by atoms with Crippen molar-refractivity contribution in [3.05, 3.63) is 57.6 Å². The van der Waals surface area contributed by atoms with E-state index < -0.39 is 17.3 Å². The van der Waals surface area contributed by atoms with Crippen molar-refractivity contribution in [3.8, 4) is 0 Å². The fourth-order valence-corrected chi connectivity index (χ4v) is 3.26. The Bertz CT molecular complexity index is 952. The topological polar surface area (TPSA) is 73.1 Å². The van der Waals surface area contributed by atoms with Gasteiger partial charge in [-0.25, -0.2) is 0 Å². The Labute approximate surface area is 141 Å². The van der Waals surface area contributed by atoms with Crippen LogP contribution in [0.1, 0.15) is 33.9 Å². The van der Waals surface area contributed by atoms with Crippen molar-refractivity contribution in [1.82, 2.24) is 9.13 Å². The zero-order valence-corrected chi connectivity index (χ0v) is 14.8. The van der Waals surface area contributed by atoms with Crippen LogP contribution >= 0.6 is 0 Å². The van der Waals surface area contributed by atoms with Crippen LogP contribution < -0.4 is 10.2 Å². The van der Waals surface area contributed by atoms with Gasteiger partial charge in [0.25, 0.3) is 0 Å². The molecule has 2 aromatic rings. The number of hydrogen-bond acceptors (Lipinski definition) is 3. The van der Waals surface area contributed by atoms with Gasteiger partial charge in [-0.05, 0) is 45.4 Å². The molecule has 0 saturated heterocycles. The molecule has 0 saturated carbocycles. The molecule has 5 heteroatoms. The van der Waals surface area contributed by atoms with Crippen molar-refractivity contribution in [2.45, 2.75) is 27.7 Å². The zero-order valence-electron chi connectivity index (χ0n) is 14.8. The fraction of sp³-hybridized carbons (Fsp3) is 0.316. The van der Waals surface area contributed by atoms with E-state index >= 15 is 0 Å². The molecule has 0 aromatic carbocycles. The maximum Gasteiger partial charge on any atom is 0.178 e. The molecule has 0 fully saturated rings. The molecule has 5 nitrogen and oxygen atoms in total. The van der Waals surface area contributed by atoms with Gasteiger partial charge in [-0.2, -0.15) is 0 Å². The van der Waals surface area contributed by atoms with Crippen LogP contribution in [-0.2, 0) is 18.9 Å². The first-order valence-corrected chi connectivity index (χ1v) is 7.81. The van der Waals surface area contributed by atoms with Gasteiger partial charge in [-0.3, -0.25) is 4.79 Å². The van der Waals surface area contributed by atoms with E-state index in [0.717, 1.165) is 22.8 Å². The largest absolute Gasteiger partial charge is 0.872 e. The Balaban J connectivity index is 2.25. The molecule has 0 aliphatic heterocycles. The summed E-state index contributed by atoms with van der Waals surface area (Å²) in [6.45, 7) is 7.49. The van der Waals surface area contributed by atoms with Gasteiger partial charge < -0.3 is 19.3 Å². The molecule has 0 bridgehead atoms. The van der Waals surface area contributed by atoms with Crippen LogP contribution in [0.4, 0.5) is 0 Å². The Morgan fingerprint density at radius 3 is 1.54 bits per heavy atom. The number of carbonyl (C=O) groups is 1. The third-order valence-corrected chi connectivity index (χ3v) is 5.20. The predicted molar refractivity (Wildman–Crippen MR) is 88.6 cm³/mol. The third-order valence-electron chi connectivity index (χ3n) is 5.20. The first kappa shape index (κ1) is 16.2. The third kappa shape index (κ3) is 1.97. The molecule has 0 radical (unpaired) electrons. The lowest BCUT2D eigenvalue weighted by Crippen LogP contribution is -2.14. The summed E-state index contributed by atoms with van der Waals surface area (Å²) in [5.41, 5.74) is 4.58. The summed E-state index contributed by atoms with van der Waals surface area (Å²) in [6.07, 6.45) is 0. The van der Waals surface area contributed by atoms with Crippen LogP contribution in [-0.4, -0.2) is 14.9 Å². The number of ketones is 1. The minimum absolute atomic E-state index is 0.00268. The quantitative estimate of drug-likeness (QED) is 0.828. The highest BCUT2D eigenvalue weighted by Gasteiger charge is 2.27. The van der Waals surface area contributed by atoms with Crippen LogP contribution in [0.5, 0.6) is 0 Å². The van der Waals surface area contributed by atoms with E-state index in [4.69, 9.17) is 0 Å². The van der Waals surface area contributed by atoms with Crippen molar-refractivity contribution in [2.75, 3.05) is 0 Å². The standard InChI is InChI=1S/C19H22N2O3/c1-9-7-13(11(3)20(9)5)15-17(22)16(19(24)18(15)23)14-8-10(2)21(6)12(14)4/h7-8,22H,1-6H3,(H,23,24)/p-2. The lowest BCUT2D eigenvalue weighted by molar-refractivity contribution is -0.301. The molecule has 0 atom stereocenters. The molecule has 2 aromatic heterocycles. The maximum absolute atomic E-state index is 12.9. The number of aromatic nitrogens is 2. The van der Waals surface area contributed by atoms with Crippen molar-refractivity contribution in [3.63, 3.8) is 0 Å². The molecule has 1 aliphatic rings. The van der Waals surface area contributed by atoms with Gasteiger partial charge >= 0.3 is 0 Å². The highest BCUT2D eigenvalue weighted by molar-refractivity contribution is 6.36. The van der Waals surface area contributed by atoms with Crippen LogP contribution in [0.15, 0.2) is 23.7 Å². The second-order valence-corrected chi connectivity index (χ2v) is 6.43. The summed E-state index contributed by atoms with van der Waals surface area (Å²) in [7, 11) is 3.74. The molecule has 126 valence electrons. The van der Waals surface area contributed by atoms with Gasteiger partial charge in [0, 0.05) is 53.6 Å². The van der Waals surface area contributed by atoms with E-state index in [2.05, 4.69) is 0 Å². The normalized spacial score (nSPS) is 15.2. The van der Waals surface area contributed by atoms with E-state index in [1.54, 1.807) is 12.1 Å². The minimum atomic E-state index is -0.704. The second kappa shape index (κ2) is 5.16. The molecule has 0 unspecified atom stereocenters. The summed E-state index contributed by atoms with van der Waals surface area (Å²) < 4.78 is 3.81. The van der Waals surface area contributed by atoms with E-state index in [1.165, 1.54) is 0 Å². The van der Waals surface area contributed by atoms with E-state index in [-0.39, 0.29) is 11.1 Å². The molecule has 2 heterocycles. The molecule has 3 rings (SSSR count). The summed E-state index contributed by atoms with van der Waals surface area (Å²) in [4.78, 5) is 12.5. The Kier molecular flexibility index (Phi) is 3.48. The highest BCUT2D eigenvalue weighted by Crippen LogP contribution is 2.39. The van der Waals surface area contributed by atoms with Crippen molar-refractivity contribution in [2.24, 2.45) is 14.1 Å². The molecule has 0 N–H and O–H groups in total. The number of nitrogens with zero attached hydrogens (tertiary/aromatic N) is 2. The number of carbonyl (C=O) groups excluding carboxylic acids is 1. The Morgan fingerprint density at radius 2 is 1.17 bits per heavy atom. The van der Waals surface area contributed by atoms with Crippen LogP contribution in [0, 0.1) is 27.7 Å². The van der Waals surface area contributed by atoms with Crippen molar-refractivity contribution < 1.29 is 15.0 Å². The van der Waals surface area contributed by atoms with Gasteiger partial charge in [0.05, 0.1) is 0 Å². The van der Waals surface area contributed by atoms with Gasteiger partial charge in [0.15, 0.2) is 5.78 Å². The van der Waals surface area contributed by atoms with Gasteiger partial charge in [-0.1, -0.05) is 11.5 Å². The van der Waals surface area contributed by atoms with E-state index in [1.807, 2.05) is 50.9 Å². The van der Waals surface area contributed by atoms with E-state index in [9.17, 15) is 15.0 Å². The van der Waals surface area contributed by atoms with Gasteiger partial charge in [0.2, 0.25) is 0 Å².